The van der Waals surface area contributed by atoms with Crippen molar-refractivity contribution in [2.45, 2.75) is 39.2 Å². The number of rotatable bonds is 7. The Morgan fingerprint density at radius 3 is 2.64 bits per heavy atom. The number of aromatic amines is 1. The highest BCUT2D eigenvalue weighted by Crippen LogP contribution is 2.02. The zero-order valence-corrected chi connectivity index (χ0v) is 12.7. The van der Waals surface area contributed by atoms with E-state index in [4.69, 9.17) is 0 Å². The maximum absolute atomic E-state index is 12.3. The molecule has 118 valence electrons. The molecule has 0 spiro atoms. The number of carbonyl (C=O) groups is 1. The quantitative estimate of drug-likeness (QED) is 0.758. The fourth-order valence-corrected chi connectivity index (χ4v) is 2.31. The molecule has 0 fully saturated rings. The molecular weight excluding hydrogens is 282 g/mol. The van der Waals surface area contributed by atoms with Gasteiger partial charge in [-0.3, -0.25) is 19.5 Å². The summed E-state index contributed by atoms with van der Waals surface area (Å²) in [5.74, 6) is -0.114. The van der Waals surface area contributed by atoms with Crippen LogP contribution in [0.3, 0.4) is 0 Å². The maximum Gasteiger partial charge on any atom is 0.273 e. The van der Waals surface area contributed by atoms with Gasteiger partial charge in [0, 0.05) is 13.0 Å². The number of aryl methyl sites for hydroxylation is 1. The van der Waals surface area contributed by atoms with Gasteiger partial charge in [0.1, 0.15) is 0 Å². The predicted octanol–water partition coefficient (Wildman–Crippen LogP) is 1.39. The summed E-state index contributed by atoms with van der Waals surface area (Å²) in [6.07, 6.45) is 3.30. The lowest BCUT2D eigenvalue weighted by molar-refractivity contribution is -0.121. The normalized spacial score (nSPS) is 10.8. The van der Waals surface area contributed by atoms with Crippen molar-refractivity contribution >= 4 is 16.7 Å². The summed E-state index contributed by atoms with van der Waals surface area (Å²) in [5, 5.41) is 6.07. The van der Waals surface area contributed by atoms with E-state index in [-0.39, 0.29) is 30.0 Å². The highest BCUT2D eigenvalue weighted by molar-refractivity contribution is 5.80. The van der Waals surface area contributed by atoms with E-state index in [1.165, 1.54) is 4.68 Å². The van der Waals surface area contributed by atoms with Gasteiger partial charge >= 0.3 is 0 Å². The molecule has 0 aliphatic carbocycles. The molecule has 0 bridgehead atoms. The third-order valence-corrected chi connectivity index (χ3v) is 3.55. The Labute approximate surface area is 128 Å². The molecule has 1 amide bonds. The first-order valence-electron chi connectivity index (χ1n) is 7.62. The molecule has 0 unspecified atom stereocenters. The van der Waals surface area contributed by atoms with E-state index < -0.39 is 0 Å². The first-order valence-corrected chi connectivity index (χ1v) is 7.62. The summed E-state index contributed by atoms with van der Waals surface area (Å²) >= 11 is 0. The fourth-order valence-electron chi connectivity index (χ4n) is 2.31. The first kappa shape index (κ1) is 16.0. The largest absolute Gasteiger partial charge is 0.356 e. The number of carbonyl (C=O) groups excluding carboxylic acids is 1. The average molecular weight is 303 g/mol. The van der Waals surface area contributed by atoms with Gasteiger partial charge in [0.15, 0.2) is 0 Å². The molecule has 6 heteroatoms. The molecule has 0 aliphatic rings. The minimum atomic E-state index is -0.321. The molecule has 0 atom stereocenters. The number of H-pyrrole nitrogens is 1. The standard InChI is InChI=1S/C16H21N3O3/c1-2-3-6-10-17-14(20)9-11-19-16(22)13-8-5-4-7-12(13)15(21)18-19/h4-5,7-8H,2-3,6,9-11H2,1H3,(H,17,20)(H,18,21). The Hall–Kier alpha value is -2.37. The third kappa shape index (κ3) is 3.84. The van der Waals surface area contributed by atoms with Gasteiger partial charge in [-0.1, -0.05) is 31.9 Å². The fraction of sp³-hybridized carbons (Fsp3) is 0.438. The number of hydrogen-bond acceptors (Lipinski definition) is 3. The van der Waals surface area contributed by atoms with Crippen molar-refractivity contribution < 1.29 is 4.79 Å². The van der Waals surface area contributed by atoms with Crippen molar-refractivity contribution in [1.29, 1.82) is 0 Å². The van der Waals surface area contributed by atoms with Crippen molar-refractivity contribution in [3.63, 3.8) is 0 Å². The predicted molar refractivity (Wildman–Crippen MR) is 86.0 cm³/mol. The Kier molecular flexibility index (Phi) is 5.52. The molecule has 0 saturated heterocycles. The summed E-state index contributed by atoms with van der Waals surface area (Å²) in [4.78, 5) is 35.9. The number of hydrogen-bond donors (Lipinski definition) is 2. The minimum Gasteiger partial charge on any atom is -0.356 e. The van der Waals surface area contributed by atoms with Crippen LogP contribution in [0.25, 0.3) is 10.8 Å². The third-order valence-electron chi connectivity index (χ3n) is 3.55. The molecule has 0 aliphatic heterocycles. The second-order valence-electron chi connectivity index (χ2n) is 5.25. The minimum absolute atomic E-state index is 0.114. The van der Waals surface area contributed by atoms with Crippen LogP contribution in [0.5, 0.6) is 0 Å². The van der Waals surface area contributed by atoms with E-state index in [2.05, 4.69) is 17.3 Å². The molecule has 2 aromatic rings. The molecule has 22 heavy (non-hydrogen) atoms. The van der Waals surface area contributed by atoms with E-state index >= 15 is 0 Å². The SMILES string of the molecule is CCCCCNC(=O)CCn1[nH]c(=O)c2ccccc2c1=O. The Balaban J connectivity index is 2.03. The van der Waals surface area contributed by atoms with E-state index in [9.17, 15) is 14.4 Å². The van der Waals surface area contributed by atoms with E-state index in [1.54, 1.807) is 24.3 Å². The Bertz CT molecular complexity index is 761. The van der Waals surface area contributed by atoms with Crippen LogP contribution in [0.4, 0.5) is 0 Å². The number of amides is 1. The molecule has 1 heterocycles. The van der Waals surface area contributed by atoms with Crippen molar-refractivity contribution in [3.05, 3.63) is 45.0 Å². The van der Waals surface area contributed by atoms with Crippen LogP contribution >= 0.6 is 0 Å². The van der Waals surface area contributed by atoms with Crippen LogP contribution in [-0.4, -0.2) is 22.2 Å². The lowest BCUT2D eigenvalue weighted by Crippen LogP contribution is -2.32. The molecule has 0 saturated carbocycles. The summed E-state index contributed by atoms with van der Waals surface area (Å²) in [6, 6.07) is 6.66. The van der Waals surface area contributed by atoms with Gasteiger partial charge in [0.2, 0.25) is 5.91 Å². The summed E-state index contributed by atoms with van der Waals surface area (Å²) in [7, 11) is 0. The number of unbranched alkanes of at least 4 members (excludes halogenated alkanes) is 2. The number of nitrogens with zero attached hydrogens (tertiary/aromatic N) is 1. The van der Waals surface area contributed by atoms with Crippen LogP contribution in [0.2, 0.25) is 0 Å². The van der Waals surface area contributed by atoms with Crippen molar-refractivity contribution in [2.75, 3.05) is 6.54 Å². The van der Waals surface area contributed by atoms with Gasteiger partial charge in [-0.05, 0) is 18.6 Å². The molecule has 6 nitrogen and oxygen atoms in total. The van der Waals surface area contributed by atoms with Gasteiger partial charge < -0.3 is 5.32 Å². The summed E-state index contributed by atoms with van der Waals surface area (Å²) in [6.45, 7) is 2.92. The van der Waals surface area contributed by atoms with Crippen molar-refractivity contribution in [1.82, 2.24) is 15.1 Å². The zero-order valence-electron chi connectivity index (χ0n) is 12.7. The van der Waals surface area contributed by atoms with Gasteiger partial charge in [0.25, 0.3) is 11.1 Å². The molecule has 0 radical (unpaired) electrons. The molecule has 1 aromatic carbocycles. The van der Waals surface area contributed by atoms with E-state index in [1.807, 2.05) is 0 Å². The van der Waals surface area contributed by atoms with Gasteiger partial charge in [-0.2, -0.15) is 0 Å². The Morgan fingerprint density at radius 1 is 1.18 bits per heavy atom. The number of aromatic nitrogens is 2. The van der Waals surface area contributed by atoms with Crippen LogP contribution in [0.1, 0.15) is 32.6 Å². The zero-order chi connectivity index (χ0) is 15.9. The monoisotopic (exact) mass is 303 g/mol. The highest BCUT2D eigenvalue weighted by atomic mass is 16.2. The summed E-state index contributed by atoms with van der Waals surface area (Å²) < 4.78 is 1.20. The van der Waals surface area contributed by atoms with E-state index in [0.717, 1.165) is 19.3 Å². The highest BCUT2D eigenvalue weighted by Gasteiger charge is 2.08. The smallest absolute Gasteiger partial charge is 0.273 e. The lowest BCUT2D eigenvalue weighted by atomic mass is 10.2. The van der Waals surface area contributed by atoms with Crippen LogP contribution < -0.4 is 16.4 Å². The van der Waals surface area contributed by atoms with Crippen molar-refractivity contribution in [2.24, 2.45) is 0 Å². The van der Waals surface area contributed by atoms with Gasteiger partial charge in [-0.15, -0.1) is 0 Å². The second kappa shape index (κ2) is 7.59. The lowest BCUT2D eigenvalue weighted by Gasteiger charge is -2.08. The van der Waals surface area contributed by atoms with Crippen LogP contribution in [0.15, 0.2) is 33.9 Å². The van der Waals surface area contributed by atoms with Crippen molar-refractivity contribution in [3.8, 4) is 0 Å². The van der Waals surface area contributed by atoms with E-state index in [0.29, 0.717) is 17.3 Å². The number of benzene rings is 1. The van der Waals surface area contributed by atoms with Gasteiger partial charge in [-0.25, -0.2) is 4.68 Å². The van der Waals surface area contributed by atoms with Crippen LogP contribution in [0, 0.1) is 0 Å². The topological polar surface area (TPSA) is 84.0 Å². The van der Waals surface area contributed by atoms with Gasteiger partial charge in [0.05, 0.1) is 17.3 Å². The summed E-state index contributed by atoms with van der Waals surface area (Å²) in [5.41, 5.74) is -0.604. The van der Waals surface area contributed by atoms with Crippen LogP contribution in [-0.2, 0) is 11.3 Å². The second-order valence-corrected chi connectivity index (χ2v) is 5.25. The molecule has 2 rings (SSSR count). The average Bonchev–Trinajstić information content (AvgIpc) is 2.54. The molecule has 1 aromatic heterocycles. The first-order chi connectivity index (χ1) is 10.6. The maximum atomic E-state index is 12.3. The molecule has 2 N–H and O–H groups in total. The molecular formula is C16H21N3O3. The Morgan fingerprint density at radius 2 is 1.91 bits per heavy atom. The number of fused-ring (bicyclic) bond motifs is 1. The number of nitrogens with one attached hydrogen (secondary N) is 2.